The van der Waals surface area contributed by atoms with Crippen molar-refractivity contribution in [3.63, 3.8) is 0 Å². The summed E-state index contributed by atoms with van der Waals surface area (Å²) in [6.45, 7) is 1.80. The van der Waals surface area contributed by atoms with Gasteiger partial charge in [0.15, 0.2) is 0 Å². The largest absolute Gasteiger partial charge is 0.488 e. The second-order valence-corrected chi connectivity index (χ2v) is 10.9. The van der Waals surface area contributed by atoms with Gasteiger partial charge >= 0.3 is 5.97 Å². The van der Waals surface area contributed by atoms with E-state index in [9.17, 15) is 14.7 Å². The molecule has 1 amide bonds. The molecule has 0 unspecified atom stereocenters. The summed E-state index contributed by atoms with van der Waals surface area (Å²) in [7, 11) is 6.38. The minimum Gasteiger partial charge on any atom is -0.488 e. The maximum Gasteiger partial charge on any atom is 0.304 e. The van der Waals surface area contributed by atoms with Crippen molar-refractivity contribution < 1.29 is 23.9 Å². The van der Waals surface area contributed by atoms with Crippen molar-refractivity contribution in [2.24, 2.45) is 5.41 Å². The Hall–Kier alpha value is -2.97. The average Bonchev–Trinajstić information content (AvgIpc) is 3.31. The lowest BCUT2D eigenvalue weighted by molar-refractivity contribution is -0.870. The number of rotatable bonds is 9. The van der Waals surface area contributed by atoms with E-state index in [1.54, 1.807) is 0 Å². The van der Waals surface area contributed by atoms with E-state index in [2.05, 4.69) is 31.4 Å². The van der Waals surface area contributed by atoms with E-state index in [1.807, 2.05) is 42.5 Å². The van der Waals surface area contributed by atoms with Crippen LogP contribution in [0.1, 0.15) is 22.6 Å². The van der Waals surface area contributed by atoms with E-state index in [1.165, 1.54) is 11.3 Å². The Morgan fingerprint density at radius 2 is 1.85 bits per heavy atom. The van der Waals surface area contributed by atoms with Crippen molar-refractivity contribution in [3.8, 4) is 5.75 Å². The third kappa shape index (κ3) is 5.51. The van der Waals surface area contributed by atoms with Gasteiger partial charge in [-0.05, 0) is 42.2 Å². The molecule has 1 heterocycles. The van der Waals surface area contributed by atoms with E-state index in [0.29, 0.717) is 19.4 Å². The standard InChI is InChI=1S/C25H29N3O4S/c1-28(2,3)10-11-32-19-8-9-20-21(12-19)33-22(27-20)16-26-24(31)25(15-23(29)30)13-17-6-4-5-7-18(17)14-25/h4-9,12H,10-11,13-16H2,1-3H3,(H-,26,29,30,31)/p+1. The normalized spacial score (nSPS) is 14.8. The molecule has 4 rings (SSSR count). The predicted octanol–water partition coefficient (Wildman–Crippen LogP) is 3.26. The average molecular weight is 469 g/mol. The van der Waals surface area contributed by atoms with Gasteiger partial charge in [0, 0.05) is 0 Å². The van der Waals surface area contributed by atoms with E-state index in [0.717, 1.165) is 43.1 Å². The van der Waals surface area contributed by atoms with Gasteiger partial charge < -0.3 is 19.6 Å². The number of benzene rings is 2. The number of nitrogens with one attached hydrogen (secondary N) is 1. The predicted molar refractivity (Wildman–Crippen MR) is 128 cm³/mol. The number of aromatic nitrogens is 1. The highest BCUT2D eigenvalue weighted by Crippen LogP contribution is 2.40. The molecule has 0 atom stereocenters. The van der Waals surface area contributed by atoms with Crippen molar-refractivity contribution in [2.75, 3.05) is 34.3 Å². The maximum absolute atomic E-state index is 13.2. The zero-order valence-electron chi connectivity index (χ0n) is 19.3. The number of fused-ring (bicyclic) bond motifs is 2. The molecule has 0 fully saturated rings. The number of likely N-dealkylation sites (N-methyl/N-ethyl adjacent to an activating group) is 1. The lowest BCUT2D eigenvalue weighted by Crippen LogP contribution is -2.43. The minimum atomic E-state index is -0.962. The Morgan fingerprint density at radius 1 is 1.15 bits per heavy atom. The molecule has 0 radical (unpaired) electrons. The number of nitrogens with zero attached hydrogens (tertiary/aromatic N) is 2. The smallest absolute Gasteiger partial charge is 0.304 e. The number of hydrogen-bond donors (Lipinski definition) is 2. The fourth-order valence-corrected chi connectivity index (χ4v) is 5.18. The van der Waals surface area contributed by atoms with Crippen molar-refractivity contribution >= 4 is 33.4 Å². The minimum absolute atomic E-state index is 0.193. The summed E-state index contributed by atoms with van der Waals surface area (Å²) in [5.74, 6) is -0.389. The molecule has 2 N–H and O–H groups in total. The van der Waals surface area contributed by atoms with Crippen molar-refractivity contribution in [1.82, 2.24) is 10.3 Å². The fourth-order valence-electron chi connectivity index (χ4n) is 4.25. The molecule has 1 aromatic heterocycles. The Bertz CT molecular complexity index is 1160. The molecule has 7 nitrogen and oxygen atoms in total. The molecular formula is C25H30N3O4S+. The molecule has 0 spiro atoms. The quantitative estimate of drug-likeness (QED) is 0.471. The molecule has 33 heavy (non-hydrogen) atoms. The number of carboxylic acid groups (broad SMARTS) is 1. The number of carbonyl (C=O) groups is 2. The molecule has 174 valence electrons. The summed E-state index contributed by atoms with van der Waals surface area (Å²) in [6, 6.07) is 13.6. The third-order valence-corrected chi connectivity index (χ3v) is 7.00. The van der Waals surface area contributed by atoms with Gasteiger partial charge in [-0.2, -0.15) is 0 Å². The Labute approximate surface area is 197 Å². The van der Waals surface area contributed by atoms with E-state index in [4.69, 9.17) is 4.74 Å². The fraction of sp³-hybridized carbons (Fsp3) is 0.400. The van der Waals surface area contributed by atoms with Crippen LogP contribution in [0.3, 0.4) is 0 Å². The van der Waals surface area contributed by atoms with Crippen LogP contribution in [-0.2, 0) is 29.0 Å². The number of hydrogen-bond acceptors (Lipinski definition) is 5. The molecule has 0 saturated carbocycles. The highest BCUT2D eigenvalue weighted by molar-refractivity contribution is 7.18. The molecule has 0 aliphatic heterocycles. The Kier molecular flexibility index (Phi) is 6.41. The van der Waals surface area contributed by atoms with Gasteiger partial charge in [0.2, 0.25) is 5.91 Å². The topological polar surface area (TPSA) is 88.5 Å². The van der Waals surface area contributed by atoms with Crippen LogP contribution in [-0.4, -0.2) is 60.7 Å². The number of aliphatic carboxylic acids is 1. The summed E-state index contributed by atoms with van der Waals surface area (Å²) >= 11 is 1.51. The first kappa shape index (κ1) is 23.2. The molecule has 3 aromatic rings. The summed E-state index contributed by atoms with van der Waals surface area (Å²) in [6.07, 6.45) is 0.686. The molecule has 8 heteroatoms. The summed E-state index contributed by atoms with van der Waals surface area (Å²) in [4.78, 5) is 29.4. The molecule has 1 aliphatic carbocycles. The third-order valence-electron chi connectivity index (χ3n) is 5.98. The van der Waals surface area contributed by atoms with Gasteiger partial charge in [0.1, 0.15) is 23.9 Å². The summed E-state index contributed by atoms with van der Waals surface area (Å²) in [5.41, 5.74) is 1.99. The van der Waals surface area contributed by atoms with Gasteiger partial charge in [-0.25, -0.2) is 4.98 Å². The highest BCUT2D eigenvalue weighted by atomic mass is 32.1. The summed E-state index contributed by atoms with van der Waals surface area (Å²) < 4.78 is 7.71. The molecule has 1 aliphatic rings. The summed E-state index contributed by atoms with van der Waals surface area (Å²) in [5, 5.41) is 13.2. The van der Waals surface area contributed by atoms with Gasteiger partial charge in [0.05, 0.1) is 49.7 Å². The van der Waals surface area contributed by atoms with Crippen LogP contribution in [0.25, 0.3) is 10.2 Å². The lowest BCUT2D eigenvalue weighted by atomic mass is 9.80. The van der Waals surface area contributed by atoms with Crippen molar-refractivity contribution in [1.29, 1.82) is 0 Å². The molecule has 0 saturated heterocycles. The number of quaternary nitrogens is 1. The van der Waals surface area contributed by atoms with Crippen LogP contribution in [0, 0.1) is 5.41 Å². The zero-order chi connectivity index (χ0) is 23.6. The van der Waals surface area contributed by atoms with Crippen LogP contribution in [0.2, 0.25) is 0 Å². The number of ether oxygens (including phenoxy) is 1. The van der Waals surface area contributed by atoms with Crippen LogP contribution in [0.4, 0.5) is 0 Å². The van der Waals surface area contributed by atoms with Gasteiger partial charge in [-0.3, -0.25) is 9.59 Å². The van der Waals surface area contributed by atoms with Crippen molar-refractivity contribution in [3.05, 3.63) is 58.6 Å². The number of carboxylic acids is 1. The van der Waals surface area contributed by atoms with Crippen LogP contribution >= 0.6 is 11.3 Å². The van der Waals surface area contributed by atoms with Crippen LogP contribution in [0.5, 0.6) is 5.75 Å². The number of amides is 1. The lowest BCUT2D eigenvalue weighted by Gasteiger charge is -2.25. The molecule has 0 bridgehead atoms. The van der Waals surface area contributed by atoms with E-state index >= 15 is 0 Å². The number of carbonyl (C=O) groups excluding carboxylic acids is 1. The van der Waals surface area contributed by atoms with Gasteiger partial charge in [-0.15, -0.1) is 11.3 Å². The molecule has 2 aromatic carbocycles. The maximum atomic E-state index is 13.2. The number of thiazole rings is 1. The Balaban J connectivity index is 1.42. The van der Waals surface area contributed by atoms with E-state index in [-0.39, 0.29) is 18.9 Å². The molecular weight excluding hydrogens is 438 g/mol. The first-order valence-electron chi connectivity index (χ1n) is 11.0. The first-order valence-corrected chi connectivity index (χ1v) is 11.8. The second kappa shape index (κ2) is 9.11. The van der Waals surface area contributed by atoms with Crippen LogP contribution < -0.4 is 10.1 Å². The zero-order valence-corrected chi connectivity index (χ0v) is 20.1. The van der Waals surface area contributed by atoms with Crippen LogP contribution in [0.15, 0.2) is 42.5 Å². The van der Waals surface area contributed by atoms with Crippen molar-refractivity contribution in [2.45, 2.75) is 25.8 Å². The first-order chi connectivity index (χ1) is 15.6. The van der Waals surface area contributed by atoms with Gasteiger partial charge in [0.25, 0.3) is 0 Å². The second-order valence-electron chi connectivity index (χ2n) is 9.76. The SMILES string of the molecule is C[N+](C)(C)CCOc1ccc2nc(CNC(=O)C3(CC(=O)O)Cc4ccccc4C3)sc2c1. The van der Waals surface area contributed by atoms with E-state index < -0.39 is 11.4 Å². The Morgan fingerprint density at radius 3 is 2.48 bits per heavy atom. The highest BCUT2D eigenvalue weighted by Gasteiger charge is 2.45. The van der Waals surface area contributed by atoms with Gasteiger partial charge in [-0.1, -0.05) is 24.3 Å². The monoisotopic (exact) mass is 468 g/mol.